The molecule has 3 nitrogen and oxygen atoms in total. The molecule has 0 aliphatic carbocycles. The van der Waals surface area contributed by atoms with Crippen molar-refractivity contribution < 1.29 is 13.2 Å². The van der Waals surface area contributed by atoms with Gasteiger partial charge in [0.05, 0.1) is 0 Å². The van der Waals surface area contributed by atoms with Gasteiger partial charge in [-0.25, -0.2) is 4.39 Å². The first-order chi connectivity index (χ1) is 10.6. The molecular weight excluding hydrogens is 301 g/mol. The minimum atomic E-state index is -2.23. The van der Waals surface area contributed by atoms with Crippen molar-refractivity contribution in [2.45, 2.75) is 5.75 Å². The van der Waals surface area contributed by atoms with Gasteiger partial charge in [-0.3, -0.25) is 4.21 Å². The molecule has 0 saturated carbocycles. The Morgan fingerprint density at radius 1 is 1.00 bits per heavy atom. The number of hydrogen-bond donors (Lipinski definition) is 1. The van der Waals surface area contributed by atoms with Gasteiger partial charge in [0.1, 0.15) is 5.82 Å². The normalized spacial score (nSPS) is 12.3. The van der Waals surface area contributed by atoms with Crippen LogP contribution in [0.15, 0.2) is 60.7 Å². The van der Waals surface area contributed by atoms with Crippen LogP contribution in [0.25, 0.3) is 10.8 Å². The molecule has 0 saturated heterocycles. The fraction of sp³-hybridized carbons (Fsp3) is 0.0588. The molecule has 22 heavy (non-hydrogen) atoms. The zero-order valence-electron chi connectivity index (χ0n) is 11.6. The van der Waals surface area contributed by atoms with Crippen LogP contribution in [0, 0.1) is 5.82 Å². The summed E-state index contributed by atoms with van der Waals surface area (Å²) in [5, 5.41) is 5.19. The molecule has 1 unspecified atom stereocenters. The average molecular weight is 314 g/mol. The van der Waals surface area contributed by atoms with Gasteiger partial charge in [0.25, 0.3) is 0 Å². The van der Waals surface area contributed by atoms with Crippen LogP contribution in [0.4, 0.5) is 15.8 Å². The third-order valence-electron chi connectivity index (χ3n) is 3.40. The fourth-order valence-electron chi connectivity index (χ4n) is 2.40. The van der Waals surface area contributed by atoms with Crippen molar-refractivity contribution >= 4 is 33.2 Å². The lowest BCUT2D eigenvalue weighted by atomic mass is 10.1. The molecule has 0 aliphatic heterocycles. The summed E-state index contributed by atoms with van der Waals surface area (Å²) in [6.07, 6.45) is 0. The molecule has 0 radical (unpaired) electrons. The van der Waals surface area contributed by atoms with Crippen molar-refractivity contribution in [1.82, 2.24) is 0 Å². The van der Waals surface area contributed by atoms with Crippen LogP contribution < -0.4 is 5.32 Å². The van der Waals surface area contributed by atoms with E-state index in [1.165, 1.54) is 18.2 Å². The van der Waals surface area contributed by atoms with E-state index in [1.54, 1.807) is 0 Å². The van der Waals surface area contributed by atoms with Gasteiger partial charge < -0.3 is 9.87 Å². The maximum Gasteiger partial charge on any atom is 0.125 e. The summed E-state index contributed by atoms with van der Waals surface area (Å²) in [6.45, 7) is 0. The van der Waals surface area contributed by atoms with E-state index >= 15 is 0 Å². The summed E-state index contributed by atoms with van der Waals surface area (Å²) in [5.74, 6) is -0.573. The minimum Gasteiger partial charge on any atom is -0.772 e. The van der Waals surface area contributed by atoms with Gasteiger partial charge in [0.2, 0.25) is 0 Å². The first-order valence-electron chi connectivity index (χ1n) is 6.72. The zero-order valence-corrected chi connectivity index (χ0v) is 12.4. The summed E-state index contributed by atoms with van der Waals surface area (Å²) >= 11 is -2.23. The number of rotatable bonds is 4. The Hall–Kier alpha value is -2.24. The van der Waals surface area contributed by atoms with E-state index in [2.05, 4.69) is 5.32 Å². The topological polar surface area (TPSA) is 52.2 Å². The van der Waals surface area contributed by atoms with Crippen molar-refractivity contribution in [3.05, 3.63) is 72.0 Å². The Balaban J connectivity index is 2.04. The highest BCUT2D eigenvalue weighted by molar-refractivity contribution is 7.78. The molecule has 0 bridgehead atoms. The second-order valence-corrected chi connectivity index (χ2v) is 5.80. The Kier molecular flexibility index (Phi) is 4.18. The van der Waals surface area contributed by atoms with Crippen LogP contribution in [0.3, 0.4) is 0 Å². The number of benzene rings is 3. The van der Waals surface area contributed by atoms with E-state index < -0.39 is 16.9 Å². The molecule has 0 aromatic heterocycles. The van der Waals surface area contributed by atoms with Gasteiger partial charge in [-0.05, 0) is 29.1 Å². The molecule has 0 fully saturated rings. The van der Waals surface area contributed by atoms with E-state index in [0.29, 0.717) is 11.3 Å². The Morgan fingerprint density at radius 2 is 1.77 bits per heavy atom. The van der Waals surface area contributed by atoms with Crippen LogP contribution >= 0.6 is 0 Å². The SMILES string of the molecule is O=S([O-])Cc1ccc(F)cc1Nc1cccc2ccccc12. The van der Waals surface area contributed by atoms with Crippen LogP contribution in [-0.4, -0.2) is 8.76 Å². The van der Waals surface area contributed by atoms with Crippen LogP contribution in [0.5, 0.6) is 0 Å². The van der Waals surface area contributed by atoms with Gasteiger partial charge >= 0.3 is 0 Å². The monoisotopic (exact) mass is 314 g/mol. The van der Waals surface area contributed by atoms with Crippen molar-refractivity contribution in [1.29, 1.82) is 0 Å². The smallest absolute Gasteiger partial charge is 0.125 e. The molecule has 5 heteroatoms. The number of nitrogens with one attached hydrogen (secondary N) is 1. The molecular formula is C17H13FNO2S-. The van der Waals surface area contributed by atoms with E-state index in [9.17, 15) is 13.2 Å². The van der Waals surface area contributed by atoms with E-state index in [1.807, 2.05) is 42.5 Å². The predicted molar refractivity (Wildman–Crippen MR) is 86.3 cm³/mol. The average Bonchev–Trinajstić information content (AvgIpc) is 2.50. The predicted octanol–water partition coefficient (Wildman–Crippen LogP) is 4.10. The summed E-state index contributed by atoms with van der Waals surface area (Å²) < 4.78 is 35.4. The summed E-state index contributed by atoms with van der Waals surface area (Å²) in [7, 11) is 0. The highest BCUT2D eigenvalue weighted by atomic mass is 32.2. The minimum absolute atomic E-state index is 0.159. The van der Waals surface area contributed by atoms with Gasteiger partial charge in [-0.1, -0.05) is 53.5 Å². The Labute approximate surface area is 130 Å². The Morgan fingerprint density at radius 3 is 2.59 bits per heavy atom. The summed E-state index contributed by atoms with van der Waals surface area (Å²) in [5.41, 5.74) is 1.80. The molecule has 3 aromatic carbocycles. The number of hydrogen-bond acceptors (Lipinski definition) is 3. The Bertz CT molecular complexity index is 846. The molecule has 3 rings (SSSR count). The van der Waals surface area contributed by atoms with Crippen LogP contribution in [0.1, 0.15) is 5.56 Å². The molecule has 112 valence electrons. The van der Waals surface area contributed by atoms with Crippen LogP contribution in [0.2, 0.25) is 0 Å². The quantitative estimate of drug-likeness (QED) is 0.738. The standard InChI is InChI=1S/C17H14FNO2S/c18-14-9-8-13(11-22(20)21)17(10-14)19-16-7-3-5-12-4-1-2-6-15(12)16/h1-10,19H,11H2,(H,20,21)/p-1. The molecule has 0 heterocycles. The van der Waals surface area contributed by atoms with Crippen molar-refractivity contribution in [3.8, 4) is 0 Å². The lowest BCUT2D eigenvalue weighted by molar-refractivity contribution is 0.536. The first-order valence-corrected chi connectivity index (χ1v) is 7.97. The fourth-order valence-corrected chi connectivity index (χ4v) is 2.90. The highest BCUT2D eigenvalue weighted by Gasteiger charge is 2.07. The van der Waals surface area contributed by atoms with Crippen molar-refractivity contribution in [2.24, 2.45) is 0 Å². The maximum atomic E-state index is 13.5. The second-order valence-electron chi connectivity index (χ2n) is 4.90. The van der Waals surface area contributed by atoms with Crippen LogP contribution in [-0.2, 0) is 16.8 Å². The highest BCUT2D eigenvalue weighted by Crippen LogP contribution is 2.28. The largest absolute Gasteiger partial charge is 0.772 e. The first kappa shape index (κ1) is 14.7. The molecule has 3 aromatic rings. The molecule has 0 aliphatic rings. The third-order valence-corrected chi connectivity index (χ3v) is 3.95. The zero-order chi connectivity index (χ0) is 15.5. The van der Waals surface area contributed by atoms with E-state index in [0.717, 1.165) is 16.5 Å². The van der Waals surface area contributed by atoms with Gasteiger partial charge in [-0.15, -0.1) is 0 Å². The lowest BCUT2D eigenvalue weighted by Crippen LogP contribution is -2.01. The number of anilines is 2. The number of fused-ring (bicyclic) bond motifs is 1. The van der Waals surface area contributed by atoms with Crippen molar-refractivity contribution in [3.63, 3.8) is 0 Å². The second kappa shape index (κ2) is 6.25. The molecule has 0 spiro atoms. The maximum absolute atomic E-state index is 13.5. The molecule has 1 atom stereocenters. The summed E-state index contributed by atoms with van der Waals surface area (Å²) in [6, 6.07) is 17.6. The van der Waals surface area contributed by atoms with E-state index in [4.69, 9.17) is 0 Å². The van der Waals surface area contributed by atoms with Gasteiger partial charge in [0, 0.05) is 22.5 Å². The van der Waals surface area contributed by atoms with Crippen molar-refractivity contribution in [2.75, 3.05) is 5.32 Å². The third kappa shape index (κ3) is 3.16. The molecule has 0 amide bonds. The molecule has 1 N–H and O–H groups in total. The van der Waals surface area contributed by atoms with Gasteiger partial charge in [0.15, 0.2) is 0 Å². The van der Waals surface area contributed by atoms with Gasteiger partial charge in [-0.2, -0.15) is 0 Å². The summed E-state index contributed by atoms with van der Waals surface area (Å²) in [4.78, 5) is 0. The number of halogens is 1. The lowest BCUT2D eigenvalue weighted by Gasteiger charge is -2.15. The van der Waals surface area contributed by atoms with E-state index in [-0.39, 0.29) is 5.75 Å².